The Morgan fingerprint density at radius 2 is 1.67 bits per heavy atom. The Labute approximate surface area is 250 Å². The first-order valence-electron chi connectivity index (χ1n) is 14.8. The van der Waals surface area contributed by atoms with Gasteiger partial charge in [-0.1, -0.05) is 6.42 Å². The number of aromatic amines is 1. The normalized spacial score (nSPS) is 18.9. The Morgan fingerprint density at radius 3 is 2.40 bits per heavy atom. The third-order valence-corrected chi connectivity index (χ3v) is 10.5. The number of anilines is 2. The van der Waals surface area contributed by atoms with Crippen LogP contribution in [0.5, 0.6) is 0 Å². The number of halogens is 2. The number of likely N-dealkylation sites (N-methyl/N-ethyl adjacent to an activating group) is 1. The molecule has 3 aliphatic rings. The van der Waals surface area contributed by atoms with Crippen LogP contribution in [0.25, 0.3) is 0 Å². The highest BCUT2D eigenvalue weighted by Crippen LogP contribution is 2.30. The van der Waals surface area contributed by atoms with E-state index in [0.717, 1.165) is 79.8 Å². The predicted molar refractivity (Wildman–Crippen MR) is 159 cm³/mol. The molecule has 2 N–H and O–H groups in total. The van der Waals surface area contributed by atoms with Gasteiger partial charge in [-0.2, -0.15) is 9.40 Å². The number of amides is 1. The molecule has 0 spiro atoms. The zero-order valence-electron chi connectivity index (χ0n) is 24.3. The molecule has 0 bridgehead atoms. The highest BCUT2D eigenvalue weighted by molar-refractivity contribution is 7.89. The monoisotopic (exact) mass is 613 g/mol. The van der Waals surface area contributed by atoms with Crippen LogP contribution in [0, 0.1) is 11.6 Å². The topological polar surface area (TPSA) is 105 Å². The smallest absolute Gasteiger partial charge is 0.257 e. The number of nitrogens with one attached hydrogen (secondary N) is 2. The van der Waals surface area contributed by atoms with Gasteiger partial charge >= 0.3 is 0 Å². The molecule has 0 saturated carbocycles. The molecule has 4 heterocycles. The van der Waals surface area contributed by atoms with Crippen molar-refractivity contribution in [2.24, 2.45) is 0 Å². The summed E-state index contributed by atoms with van der Waals surface area (Å²) in [7, 11) is -2.06. The van der Waals surface area contributed by atoms with E-state index in [1.165, 1.54) is 6.42 Å². The van der Waals surface area contributed by atoms with Crippen LogP contribution in [0.15, 0.2) is 41.3 Å². The highest BCUT2D eigenvalue weighted by Gasteiger charge is 2.32. The SMILES string of the molecule is CN1CCN(c2ccc(C(=O)Nc3n[nH]c4c3CN(S(=O)(=O)c3cc(F)cc(F)c3)CC4)c(CN3CCCCC3)c2)CC1. The summed E-state index contributed by atoms with van der Waals surface area (Å²) in [5.41, 5.74) is 3.84. The van der Waals surface area contributed by atoms with E-state index in [1.54, 1.807) is 0 Å². The van der Waals surface area contributed by atoms with Crippen molar-refractivity contribution in [2.45, 2.75) is 43.7 Å². The molecule has 10 nitrogen and oxygen atoms in total. The van der Waals surface area contributed by atoms with Gasteiger partial charge in [0.25, 0.3) is 5.91 Å². The first kappa shape index (κ1) is 29.7. The van der Waals surface area contributed by atoms with Crippen LogP contribution in [-0.4, -0.2) is 91.5 Å². The van der Waals surface area contributed by atoms with Gasteiger partial charge in [0.2, 0.25) is 10.0 Å². The van der Waals surface area contributed by atoms with E-state index in [9.17, 15) is 22.0 Å². The molecule has 0 radical (unpaired) electrons. The number of hydrogen-bond acceptors (Lipinski definition) is 7. The van der Waals surface area contributed by atoms with Crippen molar-refractivity contribution in [3.8, 4) is 0 Å². The molecule has 1 aromatic heterocycles. The molecular weight excluding hydrogens is 576 g/mol. The molecule has 0 atom stereocenters. The minimum absolute atomic E-state index is 0.0924. The van der Waals surface area contributed by atoms with E-state index in [2.05, 4.69) is 43.3 Å². The van der Waals surface area contributed by atoms with Crippen LogP contribution in [0.2, 0.25) is 0 Å². The maximum Gasteiger partial charge on any atom is 0.257 e. The van der Waals surface area contributed by atoms with Crippen LogP contribution in [-0.2, 0) is 29.5 Å². The summed E-state index contributed by atoms with van der Waals surface area (Å²) in [5, 5.41) is 10.1. The number of carbonyl (C=O) groups is 1. The number of sulfonamides is 1. The van der Waals surface area contributed by atoms with E-state index in [-0.39, 0.29) is 24.8 Å². The van der Waals surface area contributed by atoms with Crippen molar-refractivity contribution in [3.05, 3.63) is 70.4 Å². The van der Waals surface area contributed by atoms with Gasteiger partial charge in [0.05, 0.1) is 4.90 Å². The number of benzene rings is 2. The Hall–Kier alpha value is -3.39. The number of carbonyl (C=O) groups excluding carboxylic acids is 1. The van der Waals surface area contributed by atoms with E-state index in [4.69, 9.17) is 0 Å². The lowest BCUT2D eigenvalue weighted by molar-refractivity contribution is 0.102. The minimum atomic E-state index is -4.18. The van der Waals surface area contributed by atoms with Crippen molar-refractivity contribution in [3.63, 3.8) is 0 Å². The van der Waals surface area contributed by atoms with Crippen LogP contribution in [0.1, 0.15) is 46.4 Å². The summed E-state index contributed by atoms with van der Waals surface area (Å²) in [6.07, 6.45) is 3.81. The highest BCUT2D eigenvalue weighted by atomic mass is 32.2. The Bertz CT molecular complexity index is 1580. The average Bonchev–Trinajstić information content (AvgIpc) is 3.39. The fourth-order valence-electron chi connectivity index (χ4n) is 6.13. The summed E-state index contributed by atoms with van der Waals surface area (Å²) < 4.78 is 55.3. The molecular formula is C30H37F2N7O3S. The summed E-state index contributed by atoms with van der Waals surface area (Å²) >= 11 is 0. The standard InChI is InChI=1S/C30H37F2N7O3S/c1-36-11-13-38(14-12-36)24-5-6-26(21(15-24)19-37-8-3-2-4-9-37)30(40)33-29-27-20-39(10-7-28(27)34-35-29)43(41,42)25-17-22(31)16-23(32)18-25/h5-6,15-18H,2-4,7-14,19-20H2,1H3,(H2,33,34,35,40). The van der Waals surface area contributed by atoms with Crippen molar-refractivity contribution in [2.75, 3.05) is 63.1 Å². The van der Waals surface area contributed by atoms with Crippen molar-refractivity contribution in [1.29, 1.82) is 0 Å². The van der Waals surface area contributed by atoms with Gasteiger partial charge in [-0.3, -0.25) is 14.8 Å². The second kappa shape index (κ2) is 12.3. The summed E-state index contributed by atoms with van der Waals surface area (Å²) in [5.74, 6) is -2.01. The molecule has 3 aromatic rings. The molecule has 2 aromatic carbocycles. The summed E-state index contributed by atoms with van der Waals surface area (Å²) in [6.45, 7) is 6.47. The van der Waals surface area contributed by atoms with Gasteiger partial charge in [-0.05, 0) is 68.9 Å². The van der Waals surface area contributed by atoms with Crippen LogP contribution < -0.4 is 10.2 Å². The van der Waals surface area contributed by atoms with Gasteiger partial charge < -0.3 is 15.1 Å². The molecule has 0 aliphatic carbocycles. The van der Waals surface area contributed by atoms with Crippen LogP contribution >= 0.6 is 0 Å². The molecule has 3 aliphatic heterocycles. The maximum absolute atomic E-state index is 13.8. The van der Waals surface area contributed by atoms with Gasteiger partial charge in [0.15, 0.2) is 5.82 Å². The van der Waals surface area contributed by atoms with E-state index >= 15 is 0 Å². The number of likely N-dealkylation sites (tertiary alicyclic amines) is 1. The zero-order valence-corrected chi connectivity index (χ0v) is 25.1. The number of piperidine rings is 1. The largest absolute Gasteiger partial charge is 0.369 e. The maximum atomic E-state index is 13.8. The number of fused-ring (bicyclic) bond motifs is 1. The number of nitrogens with zero attached hydrogens (tertiary/aromatic N) is 5. The molecule has 6 rings (SSSR count). The average molecular weight is 614 g/mol. The molecule has 2 fully saturated rings. The van der Waals surface area contributed by atoms with Gasteiger partial charge in [0, 0.05) is 80.8 Å². The second-order valence-corrected chi connectivity index (χ2v) is 13.6. The quantitative estimate of drug-likeness (QED) is 0.421. The predicted octanol–water partition coefficient (Wildman–Crippen LogP) is 3.42. The zero-order chi connectivity index (χ0) is 30.1. The summed E-state index contributed by atoms with van der Waals surface area (Å²) in [6, 6.07) is 8.24. The molecule has 1 amide bonds. The molecule has 0 unspecified atom stereocenters. The van der Waals surface area contributed by atoms with E-state index in [0.29, 0.717) is 35.9 Å². The third kappa shape index (κ3) is 6.44. The Balaban J connectivity index is 1.24. The lowest BCUT2D eigenvalue weighted by atomic mass is 10.0. The number of piperazine rings is 1. The van der Waals surface area contributed by atoms with Gasteiger partial charge in [-0.15, -0.1) is 0 Å². The Kier molecular flexibility index (Phi) is 8.49. The summed E-state index contributed by atoms with van der Waals surface area (Å²) in [4.78, 5) is 20.3. The molecule has 43 heavy (non-hydrogen) atoms. The van der Waals surface area contributed by atoms with Gasteiger partial charge in [0.1, 0.15) is 11.6 Å². The molecule has 230 valence electrons. The number of aromatic nitrogens is 2. The third-order valence-electron chi connectivity index (χ3n) is 8.65. The lowest BCUT2D eigenvalue weighted by Gasteiger charge is -2.34. The van der Waals surface area contributed by atoms with Crippen molar-refractivity contribution < 1.29 is 22.0 Å². The number of rotatable bonds is 7. The van der Waals surface area contributed by atoms with Crippen molar-refractivity contribution in [1.82, 2.24) is 24.3 Å². The fraction of sp³-hybridized carbons (Fsp3) is 0.467. The minimum Gasteiger partial charge on any atom is -0.369 e. The first-order valence-corrected chi connectivity index (χ1v) is 16.2. The molecule has 2 saturated heterocycles. The second-order valence-electron chi connectivity index (χ2n) is 11.6. The van der Waals surface area contributed by atoms with E-state index < -0.39 is 26.6 Å². The van der Waals surface area contributed by atoms with Crippen LogP contribution in [0.4, 0.5) is 20.3 Å². The van der Waals surface area contributed by atoms with Crippen molar-refractivity contribution >= 4 is 27.4 Å². The van der Waals surface area contributed by atoms with Gasteiger partial charge in [-0.25, -0.2) is 17.2 Å². The Morgan fingerprint density at radius 1 is 0.953 bits per heavy atom. The molecule has 13 heteroatoms. The first-order chi connectivity index (χ1) is 20.7. The number of hydrogen-bond donors (Lipinski definition) is 2. The van der Waals surface area contributed by atoms with E-state index in [1.807, 2.05) is 12.1 Å². The fourth-order valence-corrected chi connectivity index (χ4v) is 7.58. The number of H-pyrrole nitrogens is 1. The van der Waals surface area contributed by atoms with Crippen LogP contribution in [0.3, 0.4) is 0 Å². The lowest BCUT2D eigenvalue weighted by Crippen LogP contribution is -2.44.